The number of halogens is 1. The molecule has 0 amide bonds. The van der Waals surface area contributed by atoms with Gasteiger partial charge in [0.15, 0.2) is 0 Å². The van der Waals surface area contributed by atoms with Crippen LogP contribution in [0.15, 0.2) is 18.2 Å². The maximum Gasteiger partial charge on any atom is 0.301 e. The molecule has 1 aromatic carbocycles. The topological polar surface area (TPSA) is 75.4 Å². The van der Waals surface area contributed by atoms with Crippen molar-refractivity contribution in [3.8, 4) is 0 Å². The van der Waals surface area contributed by atoms with E-state index < -0.39 is 10.2 Å². The van der Waals surface area contributed by atoms with Gasteiger partial charge in [0.2, 0.25) is 0 Å². The second-order valence-electron chi connectivity index (χ2n) is 5.12. The molecule has 1 aliphatic heterocycles. The van der Waals surface area contributed by atoms with E-state index >= 15 is 0 Å². The first kappa shape index (κ1) is 16.5. The Morgan fingerprint density at radius 3 is 2.81 bits per heavy atom. The molecule has 1 atom stereocenters. The highest BCUT2D eigenvalue weighted by atomic mass is 35.5. The second kappa shape index (κ2) is 6.48. The standard InChI is InChI=1S/C13H18ClN3O2S2/c1-9-4-2-3-7-17(9)21(18,19)16-12-8-10(13(15)20)5-6-11(12)14/h5-6,8-9,16H,2-4,7H2,1H3,(H2,15,20). The van der Waals surface area contributed by atoms with Gasteiger partial charge in [0.05, 0.1) is 10.7 Å². The zero-order chi connectivity index (χ0) is 15.6. The lowest BCUT2D eigenvalue weighted by Crippen LogP contribution is -2.44. The van der Waals surface area contributed by atoms with Gasteiger partial charge in [-0.15, -0.1) is 0 Å². The van der Waals surface area contributed by atoms with Crippen molar-refractivity contribution in [3.63, 3.8) is 0 Å². The highest BCUT2D eigenvalue weighted by molar-refractivity contribution is 7.90. The van der Waals surface area contributed by atoms with Crippen LogP contribution in [0.2, 0.25) is 5.02 Å². The molecule has 1 unspecified atom stereocenters. The van der Waals surface area contributed by atoms with Crippen LogP contribution in [0, 0.1) is 0 Å². The number of hydrogen-bond acceptors (Lipinski definition) is 3. The van der Waals surface area contributed by atoms with Gasteiger partial charge < -0.3 is 5.73 Å². The van der Waals surface area contributed by atoms with E-state index in [0.717, 1.165) is 19.3 Å². The lowest BCUT2D eigenvalue weighted by atomic mass is 10.1. The van der Waals surface area contributed by atoms with Gasteiger partial charge in [0, 0.05) is 18.2 Å². The van der Waals surface area contributed by atoms with Gasteiger partial charge in [-0.25, -0.2) is 0 Å². The van der Waals surface area contributed by atoms with Crippen molar-refractivity contribution in [1.29, 1.82) is 0 Å². The predicted octanol–water partition coefficient (Wildman–Crippen LogP) is 2.51. The molecule has 8 heteroatoms. The minimum atomic E-state index is -3.64. The Kier molecular flexibility index (Phi) is 5.08. The Morgan fingerprint density at radius 2 is 2.19 bits per heavy atom. The van der Waals surface area contributed by atoms with Crippen molar-refractivity contribution in [1.82, 2.24) is 4.31 Å². The van der Waals surface area contributed by atoms with Crippen LogP contribution in [0.5, 0.6) is 0 Å². The molecule has 5 nitrogen and oxygen atoms in total. The van der Waals surface area contributed by atoms with Crippen LogP contribution >= 0.6 is 23.8 Å². The van der Waals surface area contributed by atoms with Crippen molar-refractivity contribution in [2.75, 3.05) is 11.3 Å². The van der Waals surface area contributed by atoms with Crippen LogP contribution in [-0.2, 0) is 10.2 Å². The molecule has 0 aromatic heterocycles. The Hall–Kier alpha value is -0.890. The van der Waals surface area contributed by atoms with Crippen LogP contribution in [0.3, 0.4) is 0 Å². The Balaban J connectivity index is 2.27. The number of hydrogen-bond donors (Lipinski definition) is 2. The Morgan fingerprint density at radius 1 is 1.48 bits per heavy atom. The van der Waals surface area contributed by atoms with Gasteiger partial charge in [-0.3, -0.25) is 4.72 Å². The first-order valence-corrected chi connectivity index (χ1v) is 8.93. The molecular weight excluding hydrogens is 330 g/mol. The summed E-state index contributed by atoms with van der Waals surface area (Å²) in [6, 6.07) is 4.77. The van der Waals surface area contributed by atoms with E-state index in [4.69, 9.17) is 29.6 Å². The molecule has 0 aliphatic carbocycles. The van der Waals surface area contributed by atoms with E-state index in [1.165, 1.54) is 4.31 Å². The smallest absolute Gasteiger partial charge is 0.301 e. The molecule has 116 valence electrons. The number of rotatable bonds is 4. The fraction of sp³-hybridized carbons (Fsp3) is 0.462. The zero-order valence-corrected chi connectivity index (χ0v) is 14.1. The molecule has 0 radical (unpaired) electrons. The molecule has 0 bridgehead atoms. The number of nitrogens with two attached hydrogens (primary N) is 1. The number of benzene rings is 1. The van der Waals surface area contributed by atoms with Crippen molar-refractivity contribution in [3.05, 3.63) is 28.8 Å². The summed E-state index contributed by atoms with van der Waals surface area (Å²) < 4.78 is 29.0. The minimum absolute atomic E-state index is 0.0196. The van der Waals surface area contributed by atoms with Crippen molar-refractivity contribution in [2.45, 2.75) is 32.2 Å². The normalized spacial score (nSPS) is 20.2. The molecule has 1 saturated heterocycles. The van der Waals surface area contributed by atoms with Crippen LogP contribution in [0.1, 0.15) is 31.7 Å². The third kappa shape index (κ3) is 3.85. The molecule has 1 aromatic rings. The SMILES string of the molecule is CC1CCCCN1S(=O)(=O)Nc1cc(C(N)=S)ccc1Cl. The monoisotopic (exact) mass is 347 g/mol. The van der Waals surface area contributed by atoms with E-state index in [2.05, 4.69) is 4.72 Å². The summed E-state index contributed by atoms with van der Waals surface area (Å²) in [6.45, 7) is 2.43. The molecule has 1 fully saturated rings. The molecule has 3 N–H and O–H groups in total. The van der Waals surface area contributed by atoms with Crippen LogP contribution in [0.25, 0.3) is 0 Å². The highest BCUT2D eigenvalue weighted by Crippen LogP contribution is 2.27. The number of piperidine rings is 1. The molecular formula is C13H18ClN3O2S2. The summed E-state index contributed by atoms with van der Waals surface area (Å²) in [6.07, 6.45) is 2.78. The fourth-order valence-corrected chi connectivity index (χ4v) is 4.24. The average molecular weight is 348 g/mol. The van der Waals surface area contributed by atoms with E-state index in [0.29, 0.717) is 22.8 Å². The molecule has 1 heterocycles. The number of thiocarbonyl (C=S) groups is 1. The van der Waals surface area contributed by atoms with Gasteiger partial charge in [-0.2, -0.15) is 12.7 Å². The third-order valence-corrected chi connectivity index (χ3v) is 5.74. The third-order valence-electron chi connectivity index (χ3n) is 3.54. The number of nitrogens with zero attached hydrogens (tertiary/aromatic N) is 1. The zero-order valence-electron chi connectivity index (χ0n) is 11.7. The quantitative estimate of drug-likeness (QED) is 0.820. The highest BCUT2D eigenvalue weighted by Gasteiger charge is 2.29. The Labute approximate surface area is 135 Å². The van der Waals surface area contributed by atoms with Gasteiger partial charge >= 0.3 is 10.2 Å². The summed E-state index contributed by atoms with van der Waals surface area (Å²) in [5.41, 5.74) is 6.42. The predicted molar refractivity (Wildman–Crippen MR) is 89.9 cm³/mol. The van der Waals surface area contributed by atoms with E-state index in [1.54, 1.807) is 18.2 Å². The van der Waals surface area contributed by atoms with Crippen molar-refractivity contribution < 1.29 is 8.42 Å². The van der Waals surface area contributed by atoms with Crippen LogP contribution in [-0.4, -0.2) is 30.3 Å². The number of nitrogens with one attached hydrogen (secondary N) is 1. The summed E-state index contributed by atoms with van der Waals surface area (Å²) >= 11 is 10.9. The molecule has 0 saturated carbocycles. The number of anilines is 1. The van der Waals surface area contributed by atoms with E-state index in [9.17, 15) is 8.42 Å². The van der Waals surface area contributed by atoms with Gasteiger partial charge in [0.25, 0.3) is 0 Å². The summed E-state index contributed by atoms with van der Waals surface area (Å²) in [4.78, 5) is 0.193. The Bertz CT molecular complexity index is 649. The maximum absolute atomic E-state index is 12.5. The van der Waals surface area contributed by atoms with E-state index in [-0.39, 0.29) is 11.0 Å². The second-order valence-corrected chi connectivity index (χ2v) is 7.59. The first-order chi connectivity index (χ1) is 9.81. The minimum Gasteiger partial charge on any atom is -0.389 e. The first-order valence-electron chi connectivity index (χ1n) is 6.70. The lowest BCUT2D eigenvalue weighted by molar-refractivity contribution is 0.270. The van der Waals surface area contributed by atoms with Crippen LogP contribution < -0.4 is 10.5 Å². The van der Waals surface area contributed by atoms with Crippen molar-refractivity contribution in [2.24, 2.45) is 5.73 Å². The summed E-state index contributed by atoms with van der Waals surface area (Å²) in [5.74, 6) is 0. The van der Waals surface area contributed by atoms with E-state index in [1.807, 2.05) is 6.92 Å². The van der Waals surface area contributed by atoms with Gasteiger partial charge in [0.1, 0.15) is 4.99 Å². The summed E-state index contributed by atoms with van der Waals surface area (Å²) in [7, 11) is -3.64. The average Bonchev–Trinajstić information content (AvgIpc) is 2.41. The maximum atomic E-state index is 12.5. The molecule has 2 rings (SSSR count). The molecule has 21 heavy (non-hydrogen) atoms. The molecule has 0 spiro atoms. The lowest BCUT2D eigenvalue weighted by Gasteiger charge is -2.32. The van der Waals surface area contributed by atoms with Crippen LogP contribution in [0.4, 0.5) is 5.69 Å². The largest absolute Gasteiger partial charge is 0.389 e. The van der Waals surface area contributed by atoms with Gasteiger partial charge in [-0.1, -0.05) is 36.3 Å². The van der Waals surface area contributed by atoms with Crippen molar-refractivity contribution >= 4 is 44.7 Å². The fourth-order valence-electron chi connectivity index (χ4n) is 2.38. The summed E-state index contributed by atoms with van der Waals surface area (Å²) in [5, 5.41) is 0.309. The molecule has 1 aliphatic rings. The van der Waals surface area contributed by atoms with Gasteiger partial charge in [-0.05, 0) is 31.9 Å².